The number of esters is 1. The van der Waals surface area contributed by atoms with Crippen LogP contribution in [0, 0.1) is 0 Å². The average molecular weight is 449 g/mol. The Morgan fingerprint density at radius 1 is 1.09 bits per heavy atom. The first-order chi connectivity index (χ1) is 16.0. The Kier molecular flexibility index (Phi) is 6.30. The molecule has 0 spiro atoms. The van der Waals surface area contributed by atoms with Crippen LogP contribution in [0.2, 0.25) is 0 Å². The van der Waals surface area contributed by atoms with Crippen LogP contribution < -0.4 is 14.8 Å². The third kappa shape index (κ3) is 4.52. The summed E-state index contributed by atoms with van der Waals surface area (Å²) in [6.45, 7) is 0. The summed E-state index contributed by atoms with van der Waals surface area (Å²) in [6.07, 6.45) is 2.06. The van der Waals surface area contributed by atoms with Gasteiger partial charge in [-0.15, -0.1) is 0 Å². The van der Waals surface area contributed by atoms with Gasteiger partial charge in [0, 0.05) is 29.6 Å². The van der Waals surface area contributed by atoms with E-state index in [2.05, 4.69) is 15.5 Å². The molecule has 170 valence electrons. The number of aromatic nitrogens is 2. The van der Waals surface area contributed by atoms with Crippen molar-refractivity contribution in [3.63, 3.8) is 0 Å². The maximum atomic E-state index is 12.9. The predicted molar refractivity (Wildman–Crippen MR) is 120 cm³/mol. The molecule has 4 rings (SSSR count). The van der Waals surface area contributed by atoms with Gasteiger partial charge in [-0.05, 0) is 29.8 Å². The smallest absolute Gasteiger partial charge is 0.328 e. The van der Waals surface area contributed by atoms with Crippen molar-refractivity contribution in [2.45, 2.75) is 12.5 Å². The Morgan fingerprint density at radius 3 is 2.67 bits per heavy atom. The zero-order chi connectivity index (χ0) is 23.4. The van der Waals surface area contributed by atoms with Crippen LogP contribution in [-0.2, 0) is 16.0 Å². The highest BCUT2D eigenvalue weighted by Gasteiger charge is 2.26. The molecule has 2 aromatic heterocycles. The zero-order valence-corrected chi connectivity index (χ0v) is 18.4. The highest BCUT2D eigenvalue weighted by molar-refractivity contribution is 5.96. The van der Waals surface area contributed by atoms with Crippen LogP contribution in [0.15, 0.2) is 59.3 Å². The second-order valence-electron chi connectivity index (χ2n) is 7.26. The van der Waals surface area contributed by atoms with Gasteiger partial charge in [0.05, 0.1) is 26.9 Å². The Morgan fingerprint density at radius 2 is 1.91 bits per heavy atom. The molecule has 0 saturated heterocycles. The monoisotopic (exact) mass is 449 g/mol. The van der Waals surface area contributed by atoms with Crippen molar-refractivity contribution in [3.05, 3.63) is 66.0 Å². The molecule has 0 unspecified atom stereocenters. The molecule has 0 aliphatic heterocycles. The lowest BCUT2D eigenvalue weighted by molar-refractivity contribution is -0.142. The maximum absolute atomic E-state index is 12.9. The van der Waals surface area contributed by atoms with E-state index in [4.69, 9.17) is 18.7 Å². The number of nitrogens with zero attached hydrogens (tertiary/aromatic N) is 1. The molecule has 0 radical (unpaired) electrons. The zero-order valence-electron chi connectivity index (χ0n) is 18.4. The van der Waals surface area contributed by atoms with Gasteiger partial charge in [0.25, 0.3) is 5.91 Å². The lowest BCUT2D eigenvalue weighted by Gasteiger charge is -2.15. The maximum Gasteiger partial charge on any atom is 0.328 e. The van der Waals surface area contributed by atoms with Gasteiger partial charge < -0.3 is 29.0 Å². The molecule has 9 nitrogen and oxygen atoms in total. The van der Waals surface area contributed by atoms with Crippen molar-refractivity contribution < 1.29 is 28.3 Å². The van der Waals surface area contributed by atoms with E-state index >= 15 is 0 Å². The number of nitrogens with one attached hydrogen (secondary N) is 2. The highest BCUT2D eigenvalue weighted by atomic mass is 16.5. The fourth-order valence-electron chi connectivity index (χ4n) is 3.60. The third-order valence-electron chi connectivity index (χ3n) is 5.30. The molecule has 1 atom stereocenters. The molecular formula is C24H23N3O6. The van der Waals surface area contributed by atoms with Crippen LogP contribution >= 0.6 is 0 Å². The standard InChI is InChI=1S/C24H23N3O6/c1-30-15-8-9-21(31-2)17(11-15)22-12-19(27-33-22)23(28)26-20(24(29)32-3)10-14-13-25-18-7-5-4-6-16(14)18/h4-9,11-13,20,25H,10H2,1-3H3,(H,26,28)/t20-/m1/s1. The molecule has 1 amide bonds. The second-order valence-corrected chi connectivity index (χ2v) is 7.26. The number of H-pyrrole nitrogens is 1. The molecule has 0 bridgehead atoms. The lowest BCUT2D eigenvalue weighted by atomic mass is 10.0. The minimum atomic E-state index is -0.909. The van der Waals surface area contributed by atoms with E-state index in [1.54, 1.807) is 25.3 Å². The molecular weight excluding hydrogens is 426 g/mol. The fraction of sp³-hybridized carbons (Fsp3) is 0.208. The van der Waals surface area contributed by atoms with Gasteiger partial charge in [-0.3, -0.25) is 4.79 Å². The van der Waals surface area contributed by atoms with Gasteiger partial charge in [0.1, 0.15) is 17.5 Å². The van der Waals surface area contributed by atoms with Gasteiger partial charge in [0.2, 0.25) is 0 Å². The molecule has 2 N–H and O–H groups in total. The Balaban J connectivity index is 1.56. The van der Waals surface area contributed by atoms with Crippen LogP contribution in [-0.4, -0.2) is 49.4 Å². The molecule has 2 aromatic carbocycles. The topological polar surface area (TPSA) is 116 Å². The minimum Gasteiger partial charge on any atom is -0.497 e. The number of hydrogen-bond donors (Lipinski definition) is 2. The summed E-state index contributed by atoms with van der Waals surface area (Å²) in [5.41, 5.74) is 2.41. The number of para-hydroxylation sites is 1. The molecule has 2 heterocycles. The fourth-order valence-corrected chi connectivity index (χ4v) is 3.60. The minimum absolute atomic E-state index is 0.0164. The first-order valence-corrected chi connectivity index (χ1v) is 10.2. The number of amides is 1. The van der Waals surface area contributed by atoms with Gasteiger partial charge in [-0.2, -0.15) is 0 Å². The number of benzene rings is 2. The Hall–Kier alpha value is -4.27. The number of rotatable bonds is 8. The number of fused-ring (bicyclic) bond motifs is 1. The van der Waals surface area contributed by atoms with Crippen LogP contribution in [0.4, 0.5) is 0 Å². The SMILES string of the molecule is COC(=O)[C@@H](Cc1c[nH]c2ccccc12)NC(=O)c1cc(-c2cc(OC)ccc2OC)on1. The Labute approximate surface area is 189 Å². The summed E-state index contributed by atoms with van der Waals surface area (Å²) in [5, 5.41) is 7.53. The molecule has 4 aromatic rings. The summed E-state index contributed by atoms with van der Waals surface area (Å²) in [7, 11) is 4.35. The van der Waals surface area contributed by atoms with Crippen LogP contribution in [0.3, 0.4) is 0 Å². The van der Waals surface area contributed by atoms with Crippen molar-refractivity contribution in [1.82, 2.24) is 15.5 Å². The van der Waals surface area contributed by atoms with E-state index in [0.29, 0.717) is 22.8 Å². The number of hydrogen-bond acceptors (Lipinski definition) is 7. The highest BCUT2D eigenvalue weighted by Crippen LogP contribution is 2.33. The summed E-state index contributed by atoms with van der Waals surface area (Å²) in [4.78, 5) is 28.4. The van der Waals surface area contributed by atoms with E-state index in [1.165, 1.54) is 20.3 Å². The van der Waals surface area contributed by atoms with Gasteiger partial charge >= 0.3 is 5.97 Å². The van der Waals surface area contributed by atoms with Crippen LogP contribution in [0.1, 0.15) is 16.1 Å². The normalized spacial score (nSPS) is 11.7. The van der Waals surface area contributed by atoms with Gasteiger partial charge in [-0.25, -0.2) is 4.79 Å². The summed E-state index contributed by atoms with van der Waals surface area (Å²) in [5.74, 6) is 0.319. The summed E-state index contributed by atoms with van der Waals surface area (Å²) in [6, 6.07) is 13.5. The van der Waals surface area contributed by atoms with E-state index < -0.39 is 17.9 Å². The van der Waals surface area contributed by atoms with Crippen molar-refractivity contribution >= 4 is 22.8 Å². The van der Waals surface area contributed by atoms with E-state index in [-0.39, 0.29) is 12.1 Å². The molecule has 0 aliphatic carbocycles. The number of methoxy groups -OCH3 is 3. The summed E-state index contributed by atoms with van der Waals surface area (Å²) >= 11 is 0. The lowest BCUT2D eigenvalue weighted by Crippen LogP contribution is -2.43. The molecule has 0 saturated carbocycles. The largest absolute Gasteiger partial charge is 0.497 e. The summed E-state index contributed by atoms with van der Waals surface area (Å²) < 4.78 is 20.9. The Bertz CT molecular complexity index is 1290. The van der Waals surface area contributed by atoms with E-state index in [0.717, 1.165) is 16.5 Å². The first-order valence-electron chi connectivity index (χ1n) is 10.2. The number of ether oxygens (including phenoxy) is 3. The molecule has 0 fully saturated rings. The number of aromatic amines is 1. The second kappa shape index (κ2) is 9.47. The number of carbonyl (C=O) groups excluding carboxylic acids is 2. The van der Waals surface area contributed by atoms with Crippen molar-refractivity contribution in [3.8, 4) is 22.8 Å². The van der Waals surface area contributed by atoms with Crippen LogP contribution in [0.5, 0.6) is 11.5 Å². The van der Waals surface area contributed by atoms with Crippen molar-refractivity contribution in [2.75, 3.05) is 21.3 Å². The average Bonchev–Trinajstić information content (AvgIpc) is 3.50. The van der Waals surface area contributed by atoms with Crippen LogP contribution in [0.25, 0.3) is 22.2 Å². The first kappa shape index (κ1) is 21.9. The van der Waals surface area contributed by atoms with Crippen molar-refractivity contribution in [2.24, 2.45) is 0 Å². The number of carbonyl (C=O) groups is 2. The molecule has 9 heteroatoms. The third-order valence-corrected chi connectivity index (χ3v) is 5.30. The van der Waals surface area contributed by atoms with E-state index in [1.807, 2.05) is 30.5 Å². The molecule has 33 heavy (non-hydrogen) atoms. The predicted octanol–water partition coefficient (Wildman–Crippen LogP) is 3.35. The van der Waals surface area contributed by atoms with Gasteiger partial charge in [0.15, 0.2) is 11.5 Å². The van der Waals surface area contributed by atoms with E-state index in [9.17, 15) is 9.59 Å². The van der Waals surface area contributed by atoms with Crippen molar-refractivity contribution in [1.29, 1.82) is 0 Å². The quantitative estimate of drug-likeness (QED) is 0.396. The van der Waals surface area contributed by atoms with Gasteiger partial charge in [-0.1, -0.05) is 23.4 Å². The molecule has 0 aliphatic rings.